The van der Waals surface area contributed by atoms with Gasteiger partial charge in [0.25, 0.3) is 0 Å². The van der Waals surface area contributed by atoms with Crippen LogP contribution in [0.2, 0.25) is 0 Å². The van der Waals surface area contributed by atoms with Crippen LogP contribution < -0.4 is 5.32 Å². The molecule has 0 saturated heterocycles. The lowest BCUT2D eigenvalue weighted by atomic mass is 9.82. The SMILES string of the molecule is Cc1noc(CCNC(=O)CC2(O)CCCCC2)n1. The molecule has 6 heteroatoms. The van der Waals surface area contributed by atoms with Crippen molar-refractivity contribution in [1.29, 1.82) is 0 Å². The van der Waals surface area contributed by atoms with Crippen LogP contribution in [0.3, 0.4) is 0 Å². The minimum atomic E-state index is -0.802. The summed E-state index contributed by atoms with van der Waals surface area (Å²) < 4.78 is 4.95. The zero-order valence-electron chi connectivity index (χ0n) is 11.3. The summed E-state index contributed by atoms with van der Waals surface area (Å²) in [7, 11) is 0. The fourth-order valence-corrected chi connectivity index (χ4v) is 2.50. The first kappa shape index (κ1) is 14.0. The Hall–Kier alpha value is -1.43. The summed E-state index contributed by atoms with van der Waals surface area (Å²) in [6.45, 7) is 2.21. The largest absolute Gasteiger partial charge is 0.389 e. The van der Waals surface area contributed by atoms with Gasteiger partial charge < -0.3 is 14.9 Å². The van der Waals surface area contributed by atoms with Crippen LogP contribution in [0, 0.1) is 6.92 Å². The van der Waals surface area contributed by atoms with E-state index in [9.17, 15) is 9.90 Å². The van der Waals surface area contributed by atoms with Crippen molar-refractivity contribution >= 4 is 5.91 Å². The van der Waals surface area contributed by atoms with Crippen LogP contribution in [-0.2, 0) is 11.2 Å². The molecular weight excluding hydrogens is 246 g/mol. The highest BCUT2D eigenvalue weighted by atomic mass is 16.5. The number of carbonyl (C=O) groups excluding carboxylic acids is 1. The van der Waals surface area contributed by atoms with Crippen LogP contribution in [0.25, 0.3) is 0 Å². The van der Waals surface area contributed by atoms with Crippen molar-refractivity contribution in [2.45, 2.75) is 57.5 Å². The summed E-state index contributed by atoms with van der Waals surface area (Å²) in [5.41, 5.74) is -0.802. The number of hydrogen-bond donors (Lipinski definition) is 2. The number of hydrogen-bond acceptors (Lipinski definition) is 5. The van der Waals surface area contributed by atoms with E-state index in [0.29, 0.717) is 24.7 Å². The van der Waals surface area contributed by atoms with E-state index in [0.717, 1.165) is 32.1 Å². The Morgan fingerprint density at radius 1 is 1.42 bits per heavy atom. The maximum Gasteiger partial charge on any atom is 0.228 e. The molecule has 6 nitrogen and oxygen atoms in total. The zero-order chi connectivity index (χ0) is 13.7. The molecule has 0 aliphatic heterocycles. The summed E-state index contributed by atoms with van der Waals surface area (Å²) in [5, 5.41) is 16.7. The average molecular weight is 267 g/mol. The third-order valence-corrected chi connectivity index (χ3v) is 3.50. The first-order valence-corrected chi connectivity index (χ1v) is 6.86. The Morgan fingerprint density at radius 2 is 2.16 bits per heavy atom. The molecule has 0 atom stereocenters. The molecular formula is C13H21N3O3. The number of aryl methyl sites for hydroxylation is 1. The molecule has 2 rings (SSSR count). The molecule has 1 amide bonds. The quantitative estimate of drug-likeness (QED) is 0.834. The van der Waals surface area contributed by atoms with Crippen LogP contribution in [-0.4, -0.2) is 33.3 Å². The van der Waals surface area contributed by atoms with Crippen LogP contribution >= 0.6 is 0 Å². The molecule has 0 spiro atoms. The Labute approximate surface area is 112 Å². The van der Waals surface area contributed by atoms with Crippen molar-refractivity contribution in [3.8, 4) is 0 Å². The van der Waals surface area contributed by atoms with Crippen molar-refractivity contribution in [3.05, 3.63) is 11.7 Å². The standard InChI is InChI=1S/C13H21N3O3/c1-10-15-12(19-16-10)5-8-14-11(17)9-13(18)6-3-2-4-7-13/h18H,2-9H2,1H3,(H,14,17). The smallest absolute Gasteiger partial charge is 0.228 e. The van der Waals surface area contributed by atoms with Crippen molar-refractivity contribution in [3.63, 3.8) is 0 Å². The number of rotatable bonds is 5. The molecule has 1 aromatic rings. The highest BCUT2D eigenvalue weighted by molar-refractivity contribution is 5.77. The van der Waals surface area contributed by atoms with Crippen molar-refractivity contribution in [2.24, 2.45) is 0 Å². The van der Waals surface area contributed by atoms with Gasteiger partial charge in [-0.1, -0.05) is 24.4 Å². The maximum atomic E-state index is 11.8. The van der Waals surface area contributed by atoms with E-state index in [1.54, 1.807) is 6.92 Å². The Morgan fingerprint density at radius 3 is 2.79 bits per heavy atom. The minimum Gasteiger partial charge on any atom is -0.389 e. The predicted molar refractivity (Wildman–Crippen MR) is 68.4 cm³/mol. The van der Waals surface area contributed by atoms with Crippen molar-refractivity contribution in [2.75, 3.05) is 6.54 Å². The average Bonchev–Trinajstić information content (AvgIpc) is 2.75. The van der Waals surface area contributed by atoms with Crippen molar-refractivity contribution < 1.29 is 14.4 Å². The molecule has 0 bridgehead atoms. The summed E-state index contributed by atoms with van der Waals surface area (Å²) >= 11 is 0. The molecule has 1 aliphatic carbocycles. The molecule has 0 aromatic carbocycles. The maximum absolute atomic E-state index is 11.8. The lowest BCUT2D eigenvalue weighted by Gasteiger charge is -2.31. The van der Waals surface area contributed by atoms with Gasteiger partial charge in [0.2, 0.25) is 11.8 Å². The monoisotopic (exact) mass is 267 g/mol. The number of aromatic nitrogens is 2. The number of nitrogens with zero attached hydrogens (tertiary/aromatic N) is 2. The minimum absolute atomic E-state index is 0.111. The first-order chi connectivity index (χ1) is 9.07. The fraction of sp³-hybridized carbons (Fsp3) is 0.769. The molecule has 1 aliphatic rings. The summed E-state index contributed by atoms with van der Waals surface area (Å²) in [5.74, 6) is 1.01. The highest BCUT2D eigenvalue weighted by Gasteiger charge is 2.31. The van der Waals surface area contributed by atoms with E-state index in [2.05, 4.69) is 15.5 Å². The van der Waals surface area contributed by atoms with Crippen LogP contribution in [0.5, 0.6) is 0 Å². The number of carbonyl (C=O) groups is 1. The predicted octanol–water partition coefficient (Wildman–Crippen LogP) is 1.12. The van der Waals surface area contributed by atoms with Gasteiger partial charge in [-0.2, -0.15) is 4.98 Å². The van der Waals surface area contributed by atoms with E-state index in [-0.39, 0.29) is 12.3 Å². The second-order valence-corrected chi connectivity index (χ2v) is 5.30. The van der Waals surface area contributed by atoms with E-state index in [1.165, 1.54) is 0 Å². The van der Waals surface area contributed by atoms with Gasteiger partial charge in [0.05, 0.1) is 12.0 Å². The molecule has 1 aromatic heterocycles. The molecule has 2 N–H and O–H groups in total. The second-order valence-electron chi connectivity index (χ2n) is 5.30. The van der Waals surface area contributed by atoms with E-state index in [1.807, 2.05) is 0 Å². The molecule has 0 unspecified atom stereocenters. The third kappa shape index (κ3) is 4.31. The Bertz CT molecular complexity index is 425. The first-order valence-electron chi connectivity index (χ1n) is 6.86. The van der Waals surface area contributed by atoms with Gasteiger partial charge in [0, 0.05) is 13.0 Å². The van der Waals surface area contributed by atoms with Gasteiger partial charge in [-0.3, -0.25) is 4.79 Å². The van der Waals surface area contributed by atoms with Gasteiger partial charge >= 0.3 is 0 Å². The normalized spacial score (nSPS) is 18.2. The summed E-state index contributed by atoms with van der Waals surface area (Å²) in [6.07, 6.45) is 5.32. The van der Waals surface area contributed by atoms with Gasteiger partial charge in [0.1, 0.15) is 0 Å². The van der Waals surface area contributed by atoms with Gasteiger partial charge in [-0.05, 0) is 19.8 Å². The zero-order valence-corrected chi connectivity index (χ0v) is 11.3. The van der Waals surface area contributed by atoms with Gasteiger partial charge in [0.15, 0.2) is 5.82 Å². The molecule has 1 saturated carbocycles. The molecule has 19 heavy (non-hydrogen) atoms. The van der Waals surface area contributed by atoms with Gasteiger partial charge in [-0.25, -0.2) is 0 Å². The fourth-order valence-electron chi connectivity index (χ4n) is 2.50. The highest BCUT2D eigenvalue weighted by Crippen LogP contribution is 2.30. The summed E-state index contributed by atoms with van der Waals surface area (Å²) in [4.78, 5) is 15.8. The number of nitrogens with one attached hydrogen (secondary N) is 1. The Balaban J connectivity index is 1.69. The van der Waals surface area contributed by atoms with E-state index in [4.69, 9.17) is 4.52 Å². The number of aliphatic hydroxyl groups is 1. The van der Waals surface area contributed by atoms with Crippen LogP contribution in [0.1, 0.15) is 50.2 Å². The molecule has 106 valence electrons. The lowest BCUT2D eigenvalue weighted by molar-refractivity contribution is -0.127. The van der Waals surface area contributed by atoms with E-state index >= 15 is 0 Å². The van der Waals surface area contributed by atoms with Crippen LogP contribution in [0.4, 0.5) is 0 Å². The molecule has 1 fully saturated rings. The van der Waals surface area contributed by atoms with Crippen molar-refractivity contribution in [1.82, 2.24) is 15.5 Å². The topological polar surface area (TPSA) is 88.2 Å². The van der Waals surface area contributed by atoms with Crippen LogP contribution in [0.15, 0.2) is 4.52 Å². The number of amides is 1. The molecule has 0 radical (unpaired) electrons. The van der Waals surface area contributed by atoms with E-state index < -0.39 is 5.60 Å². The van der Waals surface area contributed by atoms with Gasteiger partial charge in [-0.15, -0.1) is 0 Å². The lowest BCUT2D eigenvalue weighted by Crippen LogP contribution is -2.38. The third-order valence-electron chi connectivity index (χ3n) is 3.50. The second kappa shape index (κ2) is 6.14. The molecule has 1 heterocycles. The summed E-state index contributed by atoms with van der Waals surface area (Å²) in [6, 6.07) is 0. The Kier molecular flexibility index (Phi) is 4.52.